The van der Waals surface area contributed by atoms with Crippen molar-refractivity contribution in [1.82, 2.24) is 4.90 Å². The van der Waals surface area contributed by atoms with Gasteiger partial charge >= 0.3 is 0 Å². The van der Waals surface area contributed by atoms with Crippen LogP contribution in [0.15, 0.2) is 0 Å². The predicted molar refractivity (Wildman–Crippen MR) is 67.2 cm³/mol. The van der Waals surface area contributed by atoms with Gasteiger partial charge in [0.2, 0.25) is 5.91 Å². The van der Waals surface area contributed by atoms with E-state index in [4.69, 9.17) is 22.7 Å². The van der Waals surface area contributed by atoms with Crippen molar-refractivity contribution in [1.29, 1.82) is 0 Å². The third-order valence-corrected chi connectivity index (χ3v) is 2.83. The molecule has 2 N–H and O–H groups in total. The smallest absolute Gasteiger partial charge is 0.224 e. The van der Waals surface area contributed by atoms with Gasteiger partial charge in [-0.3, -0.25) is 4.79 Å². The van der Waals surface area contributed by atoms with Gasteiger partial charge in [-0.2, -0.15) is 0 Å². The van der Waals surface area contributed by atoms with E-state index in [1.54, 1.807) is 11.9 Å². The largest absolute Gasteiger partial charge is 0.393 e. The predicted octanol–water partition coefficient (Wildman–Crippen LogP) is 0.938. The van der Waals surface area contributed by atoms with E-state index in [0.29, 0.717) is 31.0 Å². The van der Waals surface area contributed by atoms with Crippen LogP contribution in [0.5, 0.6) is 0 Å². The maximum absolute atomic E-state index is 11.6. The highest BCUT2D eigenvalue weighted by atomic mass is 32.1. The van der Waals surface area contributed by atoms with Crippen molar-refractivity contribution in [2.75, 3.05) is 26.8 Å². The summed E-state index contributed by atoms with van der Waals surface area (Å²) >= 11 is 4.76. The third-order valence-electron chi connectivity index (χ3n) is 2.63. The lowest BCUT2D eigenvalue weighted by Gasteiger charge is -2.16. The van der Waals surface area contributed by atoms with Crippen LogP contribution in [0.4, 0.5) is 0 Å². The van der Waals surface area contributed by atoms with Crippen LogP contribution in [0, 0.1) is 5.92 Å². The van der Waals surface area contributed by atoms with Crippen LogP contribution in [0.1, 0.15) is 25.7 Å². The van der Waals surface area contributed by atoms with E-state index in [2.05, 4.69) is 0 Å². The van der Waals surface area contributed by atoms with Crippen LogP contribution >= 0.6 is 12.2 Å². The summed E-state index contributed by atoms with van der Waals surface area (Å²) in [5.41, 5.74) is 5.37. The summed E-state index contributed by atoms with van der Waals surface area (Å²) in [6, 6.07) is 0. The van der Waals surface area contributed by atoms with Gasteiger partial charge in [-0.05, 0) is 18.8 Å². The number of nitrogens with zero attached hydrogens (tertiary/aromatic N) is 1. The van der Waals surface area contributed by atoms with Gasteiger partial charge < -0.3 is 15.4 Å². The Balaban J connectivity index is 2.00. The van der Waals surface area contributed by atoms with Crippen molar-refractivity contribution >= 4 is 23.1 Å². The first kappa shape index (κ1) is 13.4. The minimum atomic E-state index is 0.0899. The Morgan fingerprint density at radius 1 is 1.50 bits per heavy atom. The van der Waals surface area contributed by atoms with Crippen molar-refractivity contribution in [2.24, 2.45) is 11.7 Å². The Morgan fingerprint density at radius 3 is 2.75 bits per heavy atom. The number of rotatable bonds is 8. The van der Waals surface area contributed by atoms with E-state index < -0.39 is 0 Å². The summed E-state index contributed by atoms with van der Waals surface area (Å²) in [5, 5.41) is 0. The molecule has 0 saturated heterocycles. The average molecular weight is 244 g/mol. The first-order valence-corrected chi connectivity index (χ1v) is 6.10. The highest BCUT2D eigenvalue weighted by Gasteiger charge is 2.21. The number of hydrogen-bond acceptors (Lipinski definition) is 3. The van der Waals surface area contributed by atoms with E-state index in [1.165, 1.54) is 12.8 Å². The molecule has 0 bridgehead atoms. The van der Waals surface area contributed by atoms with Crippen LogP contribution in [-0.4, -0.2) is 42.6 Å². The summed E-state index contributed by atoms with van der Waals surface area (Å²) in [6.07, 6.45) is 3.59. The molecule has 1 aliphatic carbocycles. The van der Waals surface area contributed by atoms with Crippen LogP contribution < -0.4 is 5.73 Å². The second-order valence-electron chi connectivity index (χ2n) is 4.30. The molecule has 1 amide bonds. The fraction of sp³-hybridized carbons (Fsp3) is 0.818. The molecule has 1 rings (SSSR count). The SMILES string of the molecule is CN(CCC(N)=S)C(=O)CCOCC1CC1. The Kier molecular flexibility index (Phi) is 5.69. The van der Waals surface area contributed by atoms with Crippen LogP contribution in [0.2, 0.25) is 0 Å². The molecule has 0 aromatic rings. The molecule has 5 heteroatoms. The molecular weight excluding hydrogens is 224 g/mol. The lowest BCUT2D eigenvalue weighted by Crippen LogP contribution is -2.30. The summed E-state index contributed by atoms with van der Waals surface area (Å²) in [4.78, 5) is 13.7. The summed E-state index contributed by atoms with van der Waals surface area (Å²) in [7, 11) is 1.77. The monoisotopic (exact) mass is 244 g/mol. The topological polar surface area (TPSA) is 55.6 Å². The van der Waals surface area contributed by atoms with Crippen LogP contribution in [0.25, 0.3) is 0 Å². The van der Waals surface area contributed by atoms with Gasteiger partial charge in [-0.15, -0.1) is 0 Å². The molecule has 1 saturated carbocycles. The van der Waals surface area contributed by atoms with Crippen molar-refractivity contribution in [2.45, 2.75) is 25.7 Å². The van der Waals surface area contributed by atoms with Crippen molar-refractivity contribution in [3.8, 4) is 0 Å². The molecule has 0 atom stereocenters. The molecule has 0 aromatic heterocycles. The molecule has 0 unspecified atom stereocenters. The van der Waals surface area contributed by atoms with Gasteiger partial charge in [-0.1, -0.05) is 12.2 Å². The van der Waals surface area contributed by atoms with Crippen molar-refractivity contribution in [3.05, 3.63) is 0 Å². The molecule has 0 aliphatic heterocycles. The fourth-order valence-electron chi connectivity index (χ4n) is 1.29. The fourth-order valence-corrected chi connectivity index (χ4v) is 1.38. The summed E-state index contributed by atoms with van der Waals surface area (Å²) in [6.45, 7) is 1.92. The van der Waals surface area contributed by atoms with E-state index in [1.807, 2.05) is 0 Å². The lowest BCUT2D eigenvalue weighted by molar-refractivity contribution is -0.130. The third kappa shape index (κ3) is 6.02. The number of hydrogen-bond donors (Lipinski definition) is 1. The second-order valence-corrected chi connectivity index (χ2v) is 4.82. The highest BCUT2D eigenvalue weighted by Crippen LogP contribution is 2.28. The number of nitrogens with two attached hydrogens (primary N) is 1. The van der Waals surface area contributed by atoms with Gasteiger partial charge in [-0.25, -0.2) is 0 Å². The number of amides is 1. The van der Waals surface area contributed by atoms with E-state index in [0.717, 1.165) is 12.5 Å². The first-order chi connectivity index (χ1) is 7.59. The molecule has 0 heterocycles. The van der Waals surface area contributed by atoms with Crippen molar-refractivity contribution in [3.63, 3.8) is 0 Å². The van der Waals surface area contributed by atoms with Gasteiger partial charge in [0.1, 0.15) is 0 Å². The number of ether oxygens (including phenoxy) is 1. The zero-order valence-electron chi connectivity index (χ0n) is 9.78. The Labute approximate surface area is 102 Å². The quantitative estimate of drug-likeness (QED) is 0.510. The minimum Gasteiger partial charge on any atom is -0.393 e. The molecule has 92 valence electrons. The second kappa shape index (κ2) is 6.81. The number of thiocarbonyl (C=S) groups is 1. The van der Waals surface area contributed by atoms with Crippen molar-refractivity contribution < 1.29 is 9.53 Å². The van der Waals surface area contributed by atoms with Gasteiger partial charge in [0.15, 0.2) is 0 Å². The van der Waals surface area contributed by atoms with Gasteiger partial charge in [0.05, 0.1) is 18.0 Å². The van der Waals surface area contributed by atoms with Crippen LogP contribution in [-0.2, 0) is 9.53 Å². The molecule has 0 aromatic carbocycles. The molecule has 16 heavy (non-hydrogen) atoms. The summed E-state index contributed by atoms with van der Waals surface area (Å²) < 4.78 is 5.41. The molecule has 1 fully saturated rings. The average Bonchev–Trinajstić information content (AvgIpc) is 3.04. The molecule has 4 nitrogen and oxygen atoms in total. The van der Waals surface area contributed by atoms with E-state index in [-0.39, 0.29) is 5.91 Å². The Hall–Kier alpha value is -0.680. The maximum atomic E-state index is 11.6. The molecule has 1 aliphatic rings. The minimum absolute atomic E-state index is 0.0899. The van der Waals surface area contributed by atoms with Crippen LogP contribution in [0.3, 0.4) is 0 Å². The lowest BCUT2D eigenvalue weighted by atomic mass is 10.3. The van der Waals surface area contributed by atoms with E-state index >= 15 is 0 Å². The number of carbonyl (C=O) groups excluding carboxylic acids is 1. The normalized spacial score (nSPS) is 14.8. The Bertz CT molecular complexity index is 254. The number of carbonyl (C=O) groups is 1. The molecule has 0 radical (unpaired) electrons. The molecule has 0 spiro atoms. The van der Waals surface area contributed by atoms with Gasteiger partial charge in [0.25, 0.3) is 0 Å². The maximum Gasteiger partial charge on any atom is 0.224 e. The standard InChI is InChI=1S/C11H20N2O2S/c1-13(6-4-10(12)16)11(14)5-7-15-8-9-2-3-9/h9H,2-8H2,1H3,(H2,12,16). The van der Waals surface area contributed by atoms with Gasteiger partial charge in [0, 0.05) is 26.6 Å². The first-order valence-electron chi connectivity index (χ1n) is 5.69. The Morgan fingerprint density at radius 2 is 2.19 bits per heavy atom. The highest BCUT2D eigenvalue weighted by molar-refractivity contribution is 7.80. The zero-order valence-corrected chi connectivity index (χ0v) is 10.6. The molecular formula is C11H20N2O2S. The zero-order chi connectivity index (χ0) is 12.0. The van der Waals surface area contributed by atoms with E-state index in [9.17, 15) is 4.79 Å². The summed E-state index contributed by atoms with van der Waals surface area (Å²) in [5.74, 6) is 0.842.